The van der Waals surface area contributed by atoms with Gasteiger partial charge in [-0.15, -0.1) is 0 Å². The predicted octanol–water partition coefficient (Wildman–Crippen LogP) is 18.0. The fourth-order valence-corrected chi connectivity index (χ4v) is 10.3. The van der Waals surface area contributed by atoms with E-state index < -0.39 is 91.5 Å². The molecule has 0 aliphatic rings. The molecule has 0 fully saturated rings. The minimum absolute atomic E-state index is 0.0942. The molecule has 0 aliphatic heterocycles. The van der Waals surface area contributed by atoms with Crippen LogP contribution < -0.4 is 0 Å². The first-order valence-corrected chi connectivity index (χ1v) is 36.2. The van der Waals surface area contributed by atoms with Crippen molar-refractivity contribution >= 4 is 33.6 Å². The molecule has 0 aliphatic carbocycles. The molecular weight excluding hydrogens is 1120 g/mol. The van der Waals surface area contributed by atoms with Crippen molar-refractivity contribution in [2.45, 2.75) is 296 Å². The quantitative estimate of drug-likeness (QED) is 0.0146. The molecule has 0 saturated heterocycles. The van der Waals surface area contributed by atoms with Gasteiger partial charge in [-0.2, -0.15) is 0 Å². The predicted molar refractivity (Wildman–Crippen MR) is 344 cm³/mol. The molecule has 0 radical (unpaired) electrons. The van der Waals surface area contributed by atoms with Crippen molar-refractivity contribution < 1.29 is 75.8 Å². The highest BCUT2D eigenvalue weighted by atomic mass is 31.2. The van der Waals surface area contributed by atoms with Gasteiger partial charge in [-0.1, -0.05) is 222 Å². The Bertz CT molecular complexity index is 1850. The van der Waals surface area contributed by atoms with E-state index in [1.54, 1.807) is 0 Å². The van der Waals surface area contributed by atoms with E-state index in [4.69, 9.17) is 32.3 Å². The maximum absolute atomic E-state index is 12.8. The summed E-state index contributed by atoms with van der Waals surface area (Å²) in [6, 6.07) is 0. The standard InChI is InChI=1S/C67H120O16P2/c1-4-7-10-13-16-19-22-24-25-26-27-28-29-30-31-32-33-34-35-37-40-41-44-47-50-53-65(70)77-56-62(68)57-79-84(73,74)80-58-63(69)59-81-85(75,76)82-61-64(83-67(72)55-52-49-46-43-38-21-18-15-12-9-6-3)60-78-66(71)54-51-48-45-42-39-36-23-20-17-14-11-8-5-2/h15-16,18-20,23-25,27-28,30-31,62-64,68-69H,4-14,17,21-22,26,29,32-61H2,1-3H3,(H,73,74)(H,75,76)/b18-15-,19-16-,23-20-,25-24-,28-27-,31-30-. The third kappa shape index (κ3) is 62.4. The number of hydrogen-bond donors (Lipinski definition) is 4. The topological polar surface area (TPSA) is 231 Å². The SMILES string of the molecule is CCCC/C=C\CCCCCCCC(=O)OC(COC(=O)CCCCCCC/C=C\CCCCCC)COP(=O)(O)OCC(O)COP(=O)(O)OCC(O)COC(=O)CCCCCCCCCCC/C=C\C/C=C\C/C=C\C/C=C\CCCCC. The van der Waals surface area contributed by atoms with Gasteiger partial charge in [-0.25, -0.2) is 9.13 Å². The van der Waals surface area contributed by atoms with Gasteiger partial charge in [0.25, 0.3) is 0 Å². The average Bonchev–Trinajstić information content (AvgIpc) is 3.52. The molecule has 5 unspecified atom stereocenters. The Morgan fingerprint density at radius 1 is 0.329 bits per heavy atom. The van der Waals surface area contributed by atoms with Crippen LogP contribution in [0.15, 0.2) is 72.9 Å². The summed E-state index contributed by atoms with van der Waals surface area (Å²) < 4.78 is 60.7. The number of hydrogen-bond acceptors (Lipinski definition) is 14. The second-order valence-corrected chi connectivity index (χ2v) is 25.2. The molecule has 18 heteroatoms. The smallest absolute Gasteiger partial charge is 0.463 e. The van der Waals surface area contributed by atoms with Crippen LogP contribution >= 0.6 is 15.6 Å². The van der Waals surface area contributed by atoms with Gasteiger partial charge >= 0.3 is 33.6 Å². The number of rotatable bonds is 63. The average molecular weight is 1240 g/mol. The molecule has 0 bridgehead atoms. The number of carbonyl (C=O) groups excluding carboxylic acids is 3. The molecule has 0 spiro atoms. The second kappa shape index (κ2) is 61.2. The van der Waals surface area contributed by atoms with Crippen molar-refractivity contribution in [1.29, 1.82) is 0 Å². The van der Waals surface area contributed by atoms with Crippen molar-refractivity contribution in [3.05, 3.63) is 72.9 Å². The fourth-order valence-electron chi connectivity index (χ4n) is 8.71. The van der Waals surface area contributed by atoms with Gasteiger partial charge in [0.15, 0.2) is 6.10 Å². The molecule has 494 valence electrons. The zero-order valence-electron chi connectivity index (χ0n) is 53.3. The van der Waals surface area contributed by atoms with Crippen molar-refractivity contribution in [3.8, 4) is 0 Å². The van der Waals surface area contributed by atoms with Gasteiger partial charge in [0.05, 0.1) is 26.4 Å². The molecule has 4 N–H and O–H groups in total. The first-order chi connectivity index (χ1) is 41.2. The Balaban J connectivity index is 4.47. The van der Waals surface area contributed by atoms with E-state index in [1.165, 1.54) is 89.9 Å². The molecule has 16 nitrogen and oxygen atoms in total. The normalized spacial score (nSPS) is 14.8. The van der Waals surface area contributed by atoms with E-state index in [2.05, 4.69) is 93.7 Å². The third-order valence-electron chi connectivity index (χ3n) is 13.9. The van der Waals surface area contributed by atoms with Crippen LogP contribution in [0.2, 0.25) is 0 Å². The van der Waals surface area contributed by atoms with Gasteiger partial charge in [-0.3, -0.25) is 32.5 Å². The molecule has 85 heavy (non-hydrogen) atoms. The van der Waals surface area contributed by atoms with Crippen LogP contribution in [0.1, 0.15) is 278 Å². The number of phosphoric acid groups is 2. The van der Waals surface area contributed by atoms with Gasteiger partial charge in [0.1, 0.15) is 25.4 Å². The highest BCUT2D eigenvalue weighted by Gasteiger charge is 2.29. The monoisotopic (exact) mass is 1240 g/mol. The summed E-state index contributed by atoms with van der Waals surface area (Å²) >= 11 is 0. The molecule has 0 aromatic rings. The second-order valence-electron chi connectivity index (χ2n) is 22.3. The van der Waals surface area contributed by atoms with Gasteiger partial charge < -0.3 is 34.2 Å². The number of phosphoric ester groups is 2. The zero-order valence-corrected chi connectivity index (χ0v) is 55.1. The molecular formula is C67H120O16P2. The van der Waals surface area contributed by atoms with Crippen LogP contribution in [-0.2, 0) is 55.8 Å². The molecule has 0 amide bonds. The molecule has 0 aromatic carbocycles. The van der Waals surface area contributed by atoms with Crippen LogP contribution in [0, 0.1) is 0 Å². The van der Waals surface area contributed by atoms with Crippen molar-refractivity contribution in [2.75, 3.05) is 39.6 Å². The van der Waals surface area contributed by atoms with Crippen molar-refractivity contribution in [2.24, 2.45) is 0 Å². The van der Waals surface area contributed by atoms with E-state index >= 15 is 0 Å². The summed E-state index contributed by atoms with van der Waals surface area (Å²) in [6.07, 6.45) is 62.6. The summed E-state index contributed by atoms with van der Waals surface area (Å²) in [5.41, 5.74) is 0. The Hall–Kier alpha value is -3.01. The van der Waals surface area contributed by atoms with E-state index in [0.29, 0.717) is 19.3 Å². The molecule has 0 rings (SSSR count). The van der Waals surface area contributed by atoms with Crippen LogP contribution in [0.4, 0.5) is 0 Å². The Kier molecular flexibility index (Phi) is 59.1. The number of aliphatic hydroxyl groups is 2. The summed E-state index contributed by atoms with van der Waals surface area (Å²) in [6.45, 7) is 2.56. The number of aliphatic hydroxyl groups excluding tert-OH is 2. The van der Waals surface area contributed by atoms with Gasteiger partial charge in [-0.05, 0) is 109 Å². The molecule has 0 aromatic heterocycles. The first-order valence-electron chi connectivity index (χ1n) is 33.2. The highest BCUT2D eigenvalue weighted by Crippen LogP contribution is 2.45. The lowest BCUT2D eigenvalue weighted by molar-refractivity contribution is -0.161. The van der Waals surface area contributed by atoms with Crippen LogP contribution in [-0.4, -0.2) is 95.9 Å². The van der Waals surface area contributed by atoms with Crippen molar-refractivity contribution in [1.82, 2.24) is 0 Å². The summed E-state index contributed by atoms with van der Waals surface area (Å²) in [5, 5.41) is 20.5. The fraction of sp³-hybridized carbons (Fsp3) is 0.776. The largest absolute Gasteiger partial charge is 0.472 e. The Morgan fingerprint density at radius 2 is 0.600 bits per heavy atom. The number of unbranched alkanes of at least 4 members (excludes halogenated alkanes) is 28. The zero-order chi connectivity index (χ0) is 62.4. The maximum Gasteiger partial charge on any atom is 0.472 e. The Morgan fingerprint density at radius 3 is 1.00 bits per heavy atom. The number of allylic oxidation sites excluding steroid dienone is 12. The number of carbonyl (C=O) groups is 3. The van der Waals surface area contributed by atoms with Crippen LogP contribution in [0.5, 0.6) is 0 Å². The summed E-state index contributed by atoms with van der Waals surface area (Å²) in [7, 11) is -9.76. The highest BCUT2D eigenvalue weighted by molar-refractivity contribution is 7.47. The number of esters is 3. The lowest BCUT2D eigenvalue weighted by Crippen LogP contribution is -2.30. The van der Waals surface area contributed by atoms with E-state index in [-0.39, 0.29) is 19.3 Å². The minimum atomic E-state index is -4.92. The number of ether oxygens (including phenoxy) is 3. The lowest BCUT2D eigenvalue weighted by Gasteiger charge is -2.21. The van der Waals surface area contributed by atoms with Crippen LogP contribution in [0.3, 0.4) is 0 Å². The lowest BCUT2D eigenvalue weighted by atomic mass is 10.1. The summed E-state index contributed by atoms with van der Waals surface area (Å²) in [5.74, 6) is -1.60. The molecule has 0 saturated carbocycles. The third-order valence-corrected chi connectivity index (χ3v) is 15.8. The van der Waals surface area contributed by atoms with Gasteiger partial charge in [0, 0.05) is 19.3 Å². The Labute approximate surface area is 515 Å². The van der Waals surface area contributed by atoms with Gasteiger partial charge in [0.2, 0.25) is 0 Å². The maximum atomic E-state index is 12.8. The van der Waals surface area contributed by atoms with Crippen molar-refractivity contribution in [3.63, 3.8) is 0 Å². The molecule has 5 atom stereocenters. The van der Waals surface area contributed by atoms with E-state index in [9.17, 15) is 43.5 Å². The van der Waals surface area contributed by atoms with E-state index in [0.717, 1.165) is 128 Å². The van der Waals surface area contributed by atoms with E-state index in [1.807, 2.05) is 0 Å². The summed E-state index contributed by atoms with van der Waals surface area (Å²) in [4.78, 5) is 58.1. The van der Waals surface area contributed by atoms with Crippen LogP contribution in [0.25, 0.3) is 0 Å². The molecule has 0 heterocycles. The first kappa shape index (κ1) is 82.0. The minimum Gasteiger partial charge on any atom is -0.463 e.